The molecule has 1 amide bonds. The minimum absolute atomic E-state index is 0.0619. The van der Waals surface area contributed by atoms with E-state index in [0.717, 1.165) is 0 Å². The van der Waals surface area contributed by atoms with Crippen LogP contribution in [-0.2, 0) is 0 Å². The van der Waals surface area contributed by atoms with E-state index >= 15 is 0 Å². The number of rotatable bonds is 4. The normalized spacial score (nSPS) is 10.5. The fourth-order valence-corrected chi connectivity index (χ4v) is 2.46. The summed E-state index contributed by atoms with van der Waals surface area (Å²) in [5.41, 5.74) is 0.795. The molecule has 0 atom stereocenters. The number of carbonyl (C=O) groups is 1. The number of aromatic nitrogens is 1. The quantitative estimate of drug-likeness (QED) is 0.711. The number of anilines is 1. The number of ether oxygens (including phenoxy) is 1. The Morgan fingerprint density at radius 3 is 2.67 bits per heavy atom. The minimum Gasteiger partial charge on any atom is -0.497 e. The van der Waals surface area contributed by atoms with Crippen LogP contribution in [0.1, 0.15) is 10.5 Å². The molecule has 122 valence electrons. The molecule has 3 rings (SSSR count). The first-order valence-electron chi connectivity index (χ1n) is 6.93. The highest BCUT2D eigenvalue weighted by Crippen LogP contribution is 2.26. The number of amides is 1. The lowest BCUT2D eigenvalue weighted by Crippen LogP contribution is -2.14. The summed E-state index contributed by atoms with van der Waals surface area (Å²) in [6, 6.07) is 11.3. The van der Waals surface area contributed by atoms with Gasteiger partial charge < -0.3 is 14.5 Å². The van der Waals surface area contributed by atoms with Crippen molar-refractivity contribution in [1.82, 2.24) is 4.98 Å². The Morgan fingerprint density at radius 1 is 1.25 bits per heavy atom. The lowest BCUT2D eigenvalue weighted by atomic mass is 10.1. The van der Waals surface area contributed by atoms with Gasteiger partial charge in [-0.3, -0.25) is 4.79 Å². The van der Waals surface area contributed by atoms with Crippen molar-refractivity contribution in [2.45, 2.75) is 0 Å². The van der Waals surface area contributed by atoms with Gasteiger partial charge in [0.05, 0.1) is 12.8 Å². The number of carbonyl (C=O) groups excluding carboxylic acids is 1. The summed E-state index contributed by atoms with van der Waals surface area (Å²) in [6.07, 6.45) is 1.17. The fourth-order valence-electron chi connectivity index (χ4n) is 2.13. The van der Waals surface area contributed by atoms with E-state index < -0.39 is 11.7 Å². The van der Waals surface area contributed by atoms with Crippen LogP contribution in [0.5, 0.6) is 5.75 Å². The van der Waals surface area contributed by atoms with Crippen LogP contribution in [0, 0.1) is 5.82 Å². The molecular weight excluding hydrogens is 379 g/mol. The number of nitrogens with zero attached hydrogens (tertiary/aromatic N) is 1. The number of hydrogen-bond donors (Lipinski definition) is 1. The van der Waals surface area contributed by atoms with Gasteiger partial charge in [-0.15, -0.1) is 0 Å². The van der Waals surface area contributed by atoms with Crippen molar-refractivity contribution in [1.29, 1.82) is 0 Å². The van der Waals surface area contributed by atoms with Gasteiger partial charge in [-0.25, -0.2) is 9.37 Å². The summed E-state index contributed by atoms with van der Waals surface area (Å²) in [7, 11) is 1.56. The Hall–Kier alpha value is -2.67. The number of nitrogens with one attached hydrogen (secondary N) is 1. The third-order valence-corrected chi connectivity index (χ3v) is 3.81. The SMILES string of the molecule is COc1ccc(-c2ocnc2C(=O)Nc2ccc(Br)cc2F)cc1. The Morgan fingerprint density at radius 2 is 2.00 bits per heavy atom. The first kappa shape index (κ1) is 16.2. The van der Waals surface area contributed by atoms with Gasteiger partial charge in [-0.05, 0) is 42.5 Å². The molecule has 24 heavy (non-hydrogen) atoms. The predicted molar refractivity (Wildman–Crippen MR) is 90.5 cm³/mol. The van der Waals surface area contributed by atoms with Gasteiger partial charge in [0.25, 0.3) is 5.91 Å². The van der Waals surface area contributed by atoms with Crippen LogP contribution in [0.2, 0.25) is 0 Å². The van der Waals surface area contributed by atoms with Gasteiger partial charge in [0, 0.05) is 10.0 Å². The molecule has 1 aromatic heterocycles. The van der Waals surface area contributed by atoms with Crippen molar-refractivity contribution in [3.63, 3.8) is 0 Å². The van der Waals surface area contributed by atoms with Crippen molar-refractivity contribution in [2.75, 3.05) is 12.4 Å². The molecule has 0 fully saturated rings. The van der Waals surface area contributed by atoms with Crippen LogP contribution in [0.25, 0.3) is 11.3 Å². The Kier molecular flexibility index (Phi) is 4.61. The highest BCUT2D eigenvalue weighted by Gasteiger charge is 2.19. The van der Waals surface area contributed by atoms with E-state index in [1.165, 1.54) is 18.5 Å². The second-order valence-corrected chi connectivity index (χ2v) is 5.75. The molecule has 0 radical (unpaired) electrons. The molecule has 0 aliphatic heterocycles. The van der Waals surface area contributed by atoms with Gasteiger partial charge in [-0.2, -0.15) is 0 Å². The molecule has 1 N–H and O–H groups in total. The van der Waals surface area contributed by atoms with E-state index in [-0.39, 0.29) is 11.4 Å². The van der Waals surface area contributed by atoms with E-state index in [9.17, 15) is 9.18 Å². The van der Waals surface area contributed by atoms with Crippen LogP contribution in [0.3, 0.4) is 0 Å². The molecule has 0 aliphatic rings. The van der Waals surface area contributed by atoms with Crippen molar-refractivity contribution in [3.05, 3.63) is 64.8 Å². The van der Waals surface area contributed by atoms with Gasteiger partial charge in [0.15, 0.2) is 17.8 Å². The summed E-state index contributed by atoms with van der Waals surface area (Å²) >= 11 is 3.16. The Labute approximate surface area is 145 Å². The van der Waals surface area contributed by atoms with Crippen LogP contribution >= 0.6 is 15.9 Å². The van der Waals surface area contributed by atoms with E-state index in [1.807, 2.05) is 0 Å². The Balaban J connectivity index is 1.87. The average Bonchev–Trinajstić information content (AvgIpc) is 3.07. The van der Waals surface area contributed by atoms with Crippen LogP contribution in [0.4, 0.5) is 10.1 Å². The summed E-state index contributed by atoms with van der Waals surface area (Å²) < 4.78 is 24.9. The van der Waals surface area contributed by atoms with Gasteiger partial charge in [0.1, 0.15) is 11.6 Å². The van der Waals surface area contributed by atoms with E-state index in [2.05, 4.69) is 26.2 Å². The highest BCUT2D eigenvalue weighted by atomic mass is 79.9. The molecule has 7 heteroatoms. The maximum Gasteiger partial charge on any atom is 0.278 e. The third-order valence-electron chi connectivity index (χ3n) is 3.31. The third kappa shape index (κ3) is 3.30. The lowest BCUT2D eigenvalue weighted by molar-refractivity contribution is 0.102. The second-order valence-electron chi connectivity index (χ2n) is 4.84. The first-order chi connectivity index (χ1) is 11.6. The van der Waals surface area contributed by atoms with Crippen LogP contribution in [-0.4, -0.2) is 18.0 Å². The van der Waals surface area contributed by atoms with E-state index in [4.69, 9.17) is 9.15 Å². The fraction of sp³-hybridized carbons (Fsp3) is 0.0588. The van der Waals surface area contributed by atoms with Gasteiger partial charge in [-0.1, -0.05) is 15.9 Å². The summed E-state index contributed by atoms with van der Waals surface area (Å²) in [4.78, 5) is 16.3. The molecule has 1 heterocycles. The number of oxazole rings is 1. The number of benzene rings is 2. The van der Waals surface area contributed by atoms with Crippen molar-refractivity contribution in [2.24, 2.45) is 0 Å². The van der Waals surface area contributed by atoms with E-state index in [0.29, 0.717) is 21.5 Å². The van der Waals surface area contributed by atoms with Crippen LogP contribution < -0.4 is 10.1 Å². The van der Waals surface area contributed by atoms with Gasteiger partial charge >= 0.3 is 0 Å². The Bertz CT molecular complexity index is 878. The zero-order valence-electron chi connectivity index (χ0n) is 12.5. The smallest absolute Gasteiger partial charge is 0.278 e. The topological polar surface area (TPSA) is 64.4 Å². The van der Waals surface area contributed by atoms with Crippen molar-refractivity contribution >= 4 is 27.5 Å². The molecule has 0 aliphatic carbocycles. The number of halogens is 2. The minimum atomic E-state index is -0.559. The summed E-state index contributed by atoms with van der Waals surface area (Å²) in [5, 5.41) is 2.49. The number of hydrogen-bond acceptors (Lipinski definition) is 4. The van der Waals surface area contributed by atoms with E-state index in [1.54, 1.807) is 37.4 Å². The number of methoxy groups -OCH3 is 1. The maximum atomic E-state index is 13.9. The molecule has 0 unspecified atom stereocenters. The molecule has 3 aromatic rings. The van der Waals surface area contributed by atoms with Crippen molar-refractivity contribution < 1.29 is 18.3 Å². The predicted octanol–water partition coefficient (Wildman–Crippen LogP) is 4.50. The molecular formula is C17H12BrFN2O3. The lowest BCUT2D eigenvalue weighted by Gasteiger charge is -2.06. The average molecular weight is 391 g/mol. The summed E-state index contributed by atoms with van der Waals surface area (Å²) in [6.45, 7) is 0. The van der Waals surface area contributed by atoms with Crippen molar-refractivity contribution in [3.8, 4) is 17.1 Å². The zero-order valence-corrected chi connectivity index (χ0v) is 14.1. The van der Waals surface area contributed by atoms with Crippen LogP contribution in [0.15, 0.2) is 57.7 Å². The zero-order chi connectivity index (χ0) is 17.1. The maximum absolute atomic E-state index is 13.9. The molecule has 2 aromatic carbocycles. The monoisotopic (exact) mass is 390 g/mol. The standard InChI is InChI=1S/C17H12BrFN2O3/c1-23-12-5-2-10(3-6-12)16-15(20-9-24-16)17(22)21-14-7-4-11(18)8-13(14)19/h2-9H,1H3,(H,21,22). The highest BCUT2D eigenvalue weighted by molar-refractivity contribution is 9.10. The largest absolute Gasteiger partial charge is 0.497 e. The first-order valence-corrected chi connectivity index (χ1v) is 7.72. The molecule has 0 saturated carbocycles. The van der Waals surface area contributed by atoms with Gasteiger partial charge in [0.2, 0.25) is 0 Å². The molecule has 0 spiro atoms. The molecule has 0 saturated heterocycles. The second kappa shape index (κ2) is 6.84. The summed E-state index contributed by atoms with van der Waals surface area (Å²) in [5.74, 6) is -0.128. The molecule has 5 nitrogen and oxygen atoms in total. The molecule has 0 bridgehead atoms.